The molecule has 0 amide bonds. The first-order valence-electron chi connectivity index (χ1n) is 10.9. The average Bonchev–Trinajstić information content (AvgIpc) is 2.82. The van der Waals surface area contributed by atoms with Gasteiger partial charge in [0.25, 0.3) is 0 Å². The summed E-state index contributed by atoms with van der Waals surface area (Å²) in [6.07, 6.45) is 0.524. The molecule has 0 aromatic heterocycles. The number of aliphatic imine (C=N–C) groups is 1. The van der Waals surface area contributed by atoms with Gasteiger partial charge >= 0.3 is 0 Å². The van der Waals surface area contributed by atoms with Crippen LogP contribution in [-0.4, -0.2) is 40.3 Å². The van der Waals surface area contributed by atoms with Crippen molar-refractivity contribution in [3.05, 3.63) is 108 Å². The Morgan fingerprint density at radius 1 is 0.812 bits per heavy atom. The Morgan fingerprint density at radius 2 is 1.34 bits per heavy atom. The van der Waals surface area contributed by atoms with Gasteiger partial charge in [-0.25, -0.2) is 8.42 Å². The summed E-state index contributed by atoms with van der Waals surface area (Å²) < 4.78 is 24.7. The van der Waals surface area contributed by atoms with Gasteiger partial charge in [-0.1, -0.05) is 91.0 Å². The molecule has 0 fully saturated rings. The number of rotatable bonds is 10. The fraction of sp³-hybridized carbons (Fsp3) is 0.269. The molecule has 0 aliphatic heterocycles. The predicted octanol–water partition coefficient (Wildman–Crippen LogP) is 3.99. The van der Waals surface area contributed by atoms with Crippen molar-refractivity contribution in [1.82, 2.24) is 10.6 Å². The van der Waals surface area contributed by atoms with E-state index in [4.69, 9.17) is 0 Å². The first-order chi connectivity index (χ1) is 15.6. The molecule has 0 aliphatic carbocycles. The molecule has 32 heavy (non-hydrogen) atoms. The van der Waals surface area contributed by atoms with Crippen LogP contribution in [0, 0.1) is 0 Å². The minimum atomic E-state index is -3.14. The number of hydrogen-bond acceptors (Lipinski definition) is 3. The molecule has 0 heterocycles. The van der Waals surface area contributed by atoms with Crippen LogP contribution in [0.1, 0.15) is 29.0 Å². The van der Waals surface area contributed by atoms with Gasteiger partial charge in [0.2, 0.25) is 0 Å². The first-order valence-corrected chi connectivity index (χ1v) is 12.7. The minimum Gasteiger partial charge on any atom is -0.356 e. The van der Waals surface area contributed by atoms with Gasteiger partial charge in [0.15, 0.2) is 15.8 Å². The molecule has 6 heteroatoms. The zero-order valence-electron chi connectivity index (χ0n) is 18.4. The van der Waals surface area contributed by atoms with E-state index in [1.807, 2.05) is 66.7 Å². The van der Waals surface area contributed by atoms with Crippen LogP contribution in [0.2, 0.25) is 0 Å². The van der Waals surface area contributed by atoms with E-state index in [1.165, 1.54) is 11.1 Å². The first kappa shape index (κ1) is 23.5. The molecule has 168 valence electrons. The molecule has 0 saturated carbocycles. The standard InChI is InChI=1S/C26H31N3O2S/c1-27-26(28-18-11-19-32(30,31)21-22-12-5-2-6-13-22)29-20-25(23-14-7-3-8-15-23)24-16-9-4-10-17-24/h2-10,12-17,25H,11,18-21H2,1H3,(H2,27,28,29). The van der Waals surface area contributed by atoms with E-state index in [9.17, 15) is 8.42 Å². The van der Waals surface area contributed by atoms with Gasteiger partial charge in [0, 0.05) is 26.1 Å². The monoisotopic (exact) mass is 449 g/mol. The summed E-state index contributed by atoms with van der Waals surface area (Å²) in [6, 6.07) is 30.1. The van der Waals surface area contributed by atoms with Crippen molar-refractivity contribution in [1.29, 1.82) is 0 Å². The quantitative estimate of drug-likeness (QED) is 0.279. The van der Waals surface area contributed by atoms with Crippen LogP contribution in [0.3, 0.4) is 0 Å². The zero-order chi connectivity index (χ0) is 22.7. The van der Waals surface area contributed by atoms with Crippen molar-refractivity contribution >= 4 is 15.8 Å². The SMILES string of the molecule is CN=C(NCCCS(=O)(=O)Cc1ccccc1)NCC(c1ccccc1)c1ccccc1. The van der Waals surface area contributed by atoms with Crippen molar-refractivity contribution in [2.75, 3.05) is 25.9 Å². The highest BCUT2D eigenvalue weighted by Gasteiger charge is 2.15. The highest BCUT2D eigenvalue weighted by atomic mass is 32.2. The third kappa shape index (κ3) is 7.54. The predicted molar refractivity (Wildman–Crippen MR) is 133 cm³/mol. The van der Waals surface area contributed by atoms with Gasteiger partial charge in [-0.15, -0.1) is 0 Å². The second-order valence-corrected chi connectivity index (χ2v) is 9.87. The third-order valence-corrected chi connectivity index (χ3v) is 6.94. The molecule has 3 rings (SSSR count). The summed E-state index contributed by atoms with van der Waals surface area (Å²) in [5.41, 5.74) is 3.29. The number of sulfone groups is 1. The van der Waals surface area contributed by atoms with E-state index in [0.29, 0.717) is 25.5 Å². The summed E-state index contributed by atoms with van der Waals surface area (Å²) >= 11 is 0. The summed E-state index contributed by atoms with van der Waals surface area (Å²) in [5.74, 6) is 1.07. The summed E-state index contributed by atoms with van der Waals surface area (Å²) in [6.45, 7) is 1.22. The number of benzene rings is 3. The Labute approximate surface area is 191 Å². The van der Waals surface area contributed by atoms with Gasteiger partial charge in [-0.2, -0.15) is 0 Å². The largest absolute Gasteiger partial charge is 0.356 e. The Morgan fingerprint density at radius 3 is 1.88 bits per heavy atom. The highest BCUT2D eigenvalue weighted by Crippen LogP contribution is 2.23. The lowest BCUT2D eigenvalue weighted by Gasteiger charge is -2.20. The fourth-order valence-electron chi connectivity index (χ4n) is 3.62. The third-order valence-electron chi connectivity index (χ3n) is 5.26. The molecule has 0 aliphatic rings. The maximum absolute atomic E-state index is 12.4. The molecule has 0 bridgehead atoms. The number of hydrogen-bond donors (Lipinski definition) is 2. The lowest BCUT2D eigenvalue weighted by Crippen LogP contribution is -2.40. The normalized spacial score (nSPS) is 12.0. The van der Waals surface area contributed by atoms with E-state index in [0.717, 1.165) is 5.56 Å². The Kier molecular flexibility index (Phi) is 8.87. The van der Waals surface area contributed by atoms with Crippen LogP contribution in [0.15, 0.2) is 96.0 Å². The van der Waals surface area contributed by atoms with Gasteiger partial charge in [0.05, 0.1) is 11.5 Å². The van der Waals surface area contributed by atoms with Gasteiger partial charge in [0.1, 0.15) is 0 Å². The highest BCUT2D eigenvalue weighted by molar-refractivity contribution is 7.90. The average molecular weight is 450 g/mol. The summed E-state index contributed by atoms with van der Waals surface area (Å²) in [5, 5.41) is 6.63. The van der Waals surface area contributed by atoms with Crippen LogP contribution < -0.4 is 10.6 Å². The molecule has 3 aromatic carbocycles. The van der Waals surface area contributed by atoms with Crippen molar-refractivity contribution < 1.29 is 8.42 Å². The zero-order valence-corrected chi connectivity index (χ0v) is 19.3. The lowest BCUT2D eigenvalue weighted by molar-refractivity contribution is 0.591. The van der Waals surface area contributed by atoms with Gasteiger partial charge < -0.3 is 10.6 Å². The van der Waals surface area contributed by atoms with Crippen LogP contribution in [-0.2, 0) is 15.6 Å². The van der Waals surface area contributed by atoms with Crippen LogP contribution in [0.4, 0.5) is 0 Å². The van der Waals surface area contributed by atoms with Crippen molar-refractivity contribution in [2.45, 2.75) is 18.1 Å². The molecular weight excluding hydrogens is 418 g/mol. The second kappa shape index (κ2) is 12.1. The molecule has 0 saturated heterocycles. The molecule has 5 nitrogen and oxygen atoms in total. The minimum absolute atomic E-state index is 0.0800. The molecule has 0 radical (unpaired) electrons. The van der Waals surface area contributed by atoms with Crippen molar-refractivity contribution in [3.63, 3.8) is 0 Å². The van der Waals surface area contributed by atoms with E-state index < -0.39 is 9.84 Å². The molecule has 2 N–H and O–H groups in total. The van der Waals surface area contributed by atoms with E-state index >= 15 is 0 Å². The molecule has 0 atom stereocenters. The summed E-state index contributed by atoms with van der Waals surface area (Å²) in [7, 11) is -1.41. The van der Waals surface area contributed by atoms with Crippen molar-refractivity contribution in [2.24, 2.45) is 4.99 Å². The van der Waals surface area contributed by atoms with Crippen LogP contribution >= 0.6 is 0 Å². The van der Waals surface area contributed by atoms with Gasteiger partial charge in [-0.3, -0.25) is 4.99 Å². The van der Waals surface area contributed by atoms with E-state index in [1.54, 1.807) is 7.05 Å². The molecule has 3 aromatic rings. The topological polar surface area (TPSA) is 70.6 Å². The van der Waals surface area contributed by atoms with E-state index in [2.05, 4.69) is 39.9 Å². The smallest absolute Gasteiger partial charge is 0.191 e. The maximum atomic E-state index is 12.4. The maximum Gasteiger partial charge on any atom is 0.191 e. The molecule has 0 spiro atoms. The van der Waals surface area contributed by atoms with Gasteiger partial charge in [-0.05, 0) is 23.1 Å². The second-order valence-electron chi connectivity index (χ2n) is 7.69. The summed E-state index contributed by atoms with van der Waals surface area (Å²) in [4.78, 5) is 4.29. The number of nitrogens with zero attached hydrogens (tertiary/aromatic N) is 1. The Balaban J connectivity index is 1.50. The van der Waals surface area contributed by atoms with Crippen molar-refractivity contribution in [3.8, 4) is 0 Å². The Hall–Kier alpha value is -3.12. The molecule has 0 unspecified atom stereocenters. The lowest BCUT2D eigenvalue weighted by atomic mass is 9.91. The van der Waals surface area contributed by atoms with E-state index in [-0.39, 0.29) is 17.4 Å². The number of nitrogens with one attached hydrogen (secondary N) is 2. The van der Waals surface area contributed by atoms with Crippen LogP contribution in [0.25, 0.3) is 0 Å². The van der Waals surface area contributed by atoms with Crippen LogP contribution in [0.5, 0.6) is 0 Å². The molecular formula is C26H31N3O2S. The number of guanidine groups is 1. The fourth-order valence-corrected chi connectivity index (χ4v) is 5.05. The Bertz CT molecular complexity index is 1030.